The van der Waals surface area contributed by atoms with Gasteiger partial charge in [0, 0.05) is 10.6 Å². The SMILES string of the molecule is CCCC(C(=O)Nc1nnc(SCc2cccs2)s1)c1ccccc1. The van der Waals surface area contributed by atoms with Crippen molar-refractivity contribution in [2.75, 3.05) is 5.32 Å². The standard InChI is InChI=1S/C18H19N3OS3/c1-2-7-15(13-8-4-3-5-9-13)16(22)19-17-20-21-18(25-17)24-12-14-10-6-11-23-14/h3-6,8-11,15H,2,7,12H2,1H3,(H,19,20,22). The second-order valence-electron chi connectivity index (χ2n) is 5.48. The Hall–Kier alpha value is -1.70. The van der Waals surface area contributed by atoms with Crippen LogP contribution in [0.5, 0.6) is 0 Å². The molecule has 7 heteroatoms. The van der Waals surface area contributed by atoms with Crippen molar-refractivity contribution in [2.24, 2.45) is 0 Å². The van der Waals surface area contributed by atoms with Gasteiger partial charge < -0.3 is 0 Å². The van der Waals surface area contributed by atoms with Crippen LogP contribution in [0.3, 0.4) is 0 Å². The number of thioether (sulfide) groups is 1. The molecule has 0 aliphatic carbocycles. The molecule has 0 aliphatic rings. The van der Waals surface area contributed by atoms with Gasteiger partial charge in [0.2, 0.25) is 11.0 Å². The third-order valence-electron chi connectivity index (χ3n) is 3.65. The smallest absolute Gasteiger partial charge is 0.233 e. The summed E-state index contributed by atoms with van der Waals surface area (Å²) in [5.74, 6) is 0.708. The Morgan fingerprint density at radius 3 is 2.76 bits per heavy atom. The van der Waals surface area contributed by atoms with E-state index >= 15 is 0 Å². The van der Waals surface area contributed by atoms with E-state index in [1.807, 2.05) is 36.4 Å². The lowest BCUT2D eigenvalue weighted by Crippen LogP contribution is -2.21. The highest BCUT2D eigenvalue weighted by molar-refractivity contribution is 8.00. The van der Waals surface area contributed by atoms with Crippen LogP contribution in [-0.4, -0.2) is 16.1 Å². The summed E-state index contributed by atoms with van der Waals surface area (Å²) in [5.41, 5.74) is 1.04. The first kappa shape index (κ1) is 18.1. The summed E-state index contributed by atoms with van der Waals surface area (Å²) >= 11 is 4.80. The lowest BCUT2D eigenvalue weighted by Gasteiger charge is -2.15. The molecule has 2 aromatic heterocycles. The number of nitrogens with zero attached hydrogens (tertiary/aromatic N) is 2. The van der Waals surface area contributed by atoms with Crippen LogP contribution in [0.1, 0.15) is 36.1 Å². The Labute approximate surface area is 159 Å². The van der Waals surface area contributed by atoms with Gasteiger partial charge in [0.1, 0.15) is 0 Å². The summed E-state index contributed by atoms with van der Waals surface area (Å²) < 4.78 is 0.871. The minimum absolute atomic E-state index is 0.0148. The van der Waals surface area contributed by atoms with Crippen LogP contribution in [0.4, 0.5) is 5.13 Å². The maximum absolute atomic E-state index is 12.7. The zero-order chi connectivity index (χ0) is 17.5. The minimum atomic E-state index is -0.155. The third kappa shape index (κ3) is 5.14. The Balaban J connectivity index is 1.61. The number of hydrogen-bond acceptors (Lipinski definition) is 6. The van der Waals surface area contributed by atoms with Gasteiger partial charge >= 0.3 is 0 Å². The topological polar surface area (TPSA) is 54.9 Å². The number of carbonyl (C=O) groups is 1. The highest BCUT2D eigenvalue weighted by atomic mass is 32.2. The van der Waals surface area contributed by atoms with Gasteiger partial charge in [0.25, 0.3) is 0 Å². The van der Waals surface area contributed by atoms with E-state index in [1.165, 1.54) is 16.2 Å². The predicted octanol–water partition coefficient (Wildman–Crippen LogP) is 5.41. The quantitative estimate of drug-likeness (QED) is 0.413. The predicted molar refractivity (Wildman–Crippen MR) is 107 cm³/mol. The molecule has 1 amide bonds. The normalized spacial score (nSPS) is 12.0. The number of hydrogen-bond donors (Lipinski definition) is 1. The largest absolute Gasteiger partial charge is 0.300 e. The molecule has 0 saturated heterocycles. The fourth-order valence-corrected chi connectivity index (χ4v) is 4.99. The Kier molecular flexibility index (Phi) is 6.61. The van der Waals surface area contributed by atoms with Crippen molar-refractivity contribution in [3.8, 4) is 0 Å². The van der Waals surface area contributed by atoms with Crippen LogP contribution in [0.2, 0.25) is 0 Å². The molecule has 0 radical (unpaired) electrons. The molecule has 0 saturated carbocycles. The van der Waals surface area contributed by atoms with E-state index in [2.05, 4.69) is 33.9 Å². The zero-order valence-corrected chi connectivity index (χ0v) is 16.3. The number of anilines is 1. The molecule has 0 fully saturated rings. The minimum Gasteiger partial charge on any atom is -0.300 e. The molecule has 0 bridgehead atoms. The van der Waals surface area contributed by atoms with Gasteiger partial charge in [0.05, 0.1) is 5.92 Å². The summed E-state index contributed by atoms with van der Waals surface area (Å²) in [5, 5.41) is 13.8. The maximum atomic E-state index is 12.7. The number of benzene rings is 1. The fraction of sp³-hybridized carbons (Fsp3) is 0.278. The van der Waals surface area contributed by atoms with Crippen LogP contribution < -0.4 is 5.32 Å². The number of aromatic nitrogens is 2. The second-order valence-corrected chi connectivity index (χ2v) is 8.71. The molecule has 0 aliphatic heterocycles. The lowest BCUT2D eigenvalue weighted by molar-refractivity contribution is -0.117. The van der Waals surface area contributed by atoms with E-state index in [1.54, 1.807) is 23.1 Å². The van der Waals surface area contributed by atoms with Crippen LogP contribution in [-0.2, 0) is 10.5 Å². The maximum Gasteiger partial charge on any atom is 0.233 e. The molecule has 1 atom stereocenters. The molecular weight excluding hydrogens is 370 g/mol. The van der Waals surface area contributed by atoms with Crippen molar-refractivity contribution in [1.29, 1.82) is 0 Å². The van der Waals surface area contributed by atoms with Crippen LogP contribution in [0.25, 0.3) is 0 Å². The third-order valence-corrected chi connectivity index (χ3v) is 6.73. The highest BCUT2D eigenvalue weighted by Crippen LogP contribution is 2.30. The molecule has 0 spiro atoms. The van der Waals surface area contributed by atoms with Crippen molar-refractivity contribution >= 4 is 45.5 Å². The monoisotopic (exact) mass is 389 g/mol. The summed E-state index contributed by atoms with van der Waals surface area (Å²) in [6.07, 6.45) is 1.76. The lowest BCUT2D eigenvalue weighted by atomic mass is 9.94. The van der Waals surface area contributed by atoms with E-state index in [0.29, 0.717) is 5.13 Å². The van der Waals surface area contributed by atoms with E-state index < -0.39 is 0 Å². The molecule has 3 rings (SSSR count). The van der Waals surface area contributed by atoms with Crippen molar-refractivity contribution < 1.29 is 4.79 Å². The summed E-state index contributed by atoms with van der Waals surface area (Å²) in [6.45, 7) is 2.09. The Bertz CT molecular complexity index is 787. The van der Waals surface area contributed by atoms with Gasteiger partial charge in [-0.25, -0.2) is 0 Å². The molecule has 25 heavy (non-hydrogen) atoms. The van der Waals surface area contributed by atoms with Crippen molar-refractivity contribution in [3.63, 3.8) is 0 Å². The number of amides is 1. The van der Waals surface area contributed by atoms with Gasteiger partial charge in [-0.1, -0.05) is 72.8 Å². The second kappa shape index (κ2) is 9.12. The average Bonchev–Trinajstić information content (AvgIpc) is 3.30. The molecule has 130 valence electrons. The zero-order valence-electron chi connectivity index (χ0n) is 13.8. The Morgan fingerprint density at radius 1 is 1.20 bits per heavy atom. The molecule has 2 heterocycles. The average molecular weight is 390 g/mol. The Morgan fingerprint density at radius 2 is 2.04 bits per heavy atom. The van der Waals surface area contributed by atoms with E-state index in [-0.39, 0.29) is 11.8 Å². The first-order chi connectivity index (χ1) is 12.3. The van der Waals surface area contributed by atoms with Crippen LogP contribution in [0.15, 0.2) is 52.2 Å². The van der Waals surface area contributed by atoms with Gasteiger partial charge in [-0.05, 0) is 23.4 Å². The molecule has 1 unspecified atom stereocenters. The summed E-state index contributed by atoms with van der Waals surface area (Å²) in [4.78, 5) is 14.0. The van der Waals surface area contributed by atoms with E-state index in [4.69, 9.17) is 0 Å². The number of rotatable bonds is 8. The highest BCUT2D eigenvalue weighted by Gasteiger charge is 2.21. The van der Waals surface area contributed by atoms with Crippen molar-refractivity contribution in [3.05, 3.63) is 58.3 Å². The van der Waals surface area contributed by atoms with Gasteiger partial charge in [-0.3, -0.25) is 10.1 Å². The number of carbonyl (C=O) groups excluding carboxylic acids is 1. The molecule has 3 aromatic rings. The van der Waals surface area contributed by atoms with Gasteiger partial charge in [-0.2, -0.15) is 0 Å². The van der Waals surface area contributed by atoms with Gasteiger partial charge in [-0.15, -0.1) is 21.5 Å². The van der Waals surface area contributed by atoms with Crippen LogP contribution in [0, 0.1) is 0 Å². The van der Waals surface area contributed by atoms with E-state index in [9.17, 15) is 4.79 Å². The molecule has 1 N–H and O–H groups in total. The molecule has 1 aromatic carbocycles. The first-order valence-electron chi connectivity index (χ1n) is 8.10. The molecule has 4 nitrogen and oxygen atoms in total. The summed E-state index contributed by atoms with van der Waals surface area (Å²) in [6, 6.07) is 14.1. The van der Waals surface area contributed by atoms with Crippen LogP contribution >= 0.6 is 34.4 Å². The van der Waals surface area contributed by atoms with Crippen molar-refractivity contribution in [1.82, 2.24) is 10.2 Å². The molecular formula is C18H19N3OS3. The van der Waals surface area contributed by atoms with Crippen molar-refractivity contribution in [2.45, 2.75) is 35.8 Å². The summed E-state index contributed by atoms with van der Waals surface area (Å²) in [7, 11) is 0. The fourth-order valence-electron chi connectivity index (χ4n) is 2.46. The van der Waals surface area contributed by atoms with E-state index in [0.717, 1.165) is 28.5 Å². The first-order valence-corrected chi connectivity index (χ1v) is 10.8. The number of thiophene rings is 1. The number of nitrogens with one attached hydrogen (secondary N) is 1. The van der Waals surface area contributed by atoms with Gasteiger partial charge in [0.15, 0.2) is 4.34 Å².